The number of rotatable bonds is 9. The molecular formula is C27H37N5O4. The van der Waals surface area contributed by atoms with Gasteiger partial charge in [0.05, 0.1) is 11.4 Å². The molecule has 2 heterocycles. The van der Waals surface area contributed by atoms with E-state index in [1.807, 2.05) is 52.0 Å². The predicted molar refractivity (Wildman–Crippen MR) is 141 cm³/mol. The average Bonchev–Trinajstić information content (AvgIpc) is 3.20. The van der Waals surface area contributed by atoms with Crippen molar-refractivity contribution in [3.63, 3.8) is 0 Å². The van der Waals surface area contributed by atoms with Gasteiger partial charge in [-0.2, -0.15) is 0 Å². The lowest BCUT2D eigenvalue weighted by molar-refractivity contribution is -0.130. The number of carbonyl (C=O) groups excluding carboxylic acids is 1. The molecule has 2 amide bonds. The number of aromatic nitrogens is 1. The molecule has 1 aliphatic heterocycles. The number of hydrogen-bond acceptors (Lipinski definition) is 6. The highest BCUT2D eigenvalue weighted by molar-refractivity contribution is 6.39. The Labute approximate surface area is 212 Å². The molecule has 0 aliphatic carbocycles. The minimum atomic E-state index is -1.15. The predicted octanol–water partition coefficient (Wildman–Crippen LogP) is 4.54. The first-order valence-corrected chi connectivity index (χ1v) is 12.4. The fourth-order valence-corrected chi connectivity index (χ4v) is 4.62. The highest BCUT2D eigenvalue weighted by Crippen LogP contribution is 2.36. The number of pyridine rings is 1. The van der Waals surface area contributed by atoms with Gasteiger partial charge in [-0.1, -0.05) is 57.5 Å². The van der Waals surface area contributed by atoms with Crippen molar-refractivity contribution >= 4 is 23.4 Å². The number of carbonyl (C=O) groups is 2. The number of benzene rings is 1. The van der Waals surface area contributed by atoms with E-state index in [2.05, 4.69) is 29.5 Å². The van der Waals surface area contributed by atoms with E-state index in [4.69, 9.17) is 15.5 Å². The molecular weight excluding hydrogens is 458 g/mol. The van der Waals surface area contributed by atoms with E-state index >= 15 is 0 Å². The molecule has 5 N–H and O–H groups in total. The topological polar surface area (TPSA) is 139 Å². The summed E-state index contributed by atoms with van der Waals surface area (Å²) >= 11 is 0. The molecule has 0 saturated heterocycles. The number of carboxylic acid groups (broad SMARTS) is 1. The van der Waals surface area contributed by atoms with Crippen LogP contribution in [0.3, 0.4) is 0 Å². The smallest absolute Gasteiger partial charge is 0.353 e. The molecule has 1 aromatic carbocycles. The van der Waals surface area contributed by atoms with Crippen molar-refractivity contribution in [2.75, 3.05) is 5.32 Å². The second-order valence-corrected chi connectivity index (χ2v) is 9.59. The molecule has 9 nitrogen and oxygen atoms in total. The summed E-state index contributed by atoms with van der Waals surface area (Å²) in [7, 11) is 0. The maximum absolute atomic E-state index is 13.1. The number of aryl methyl sites for hydroxylation is 2. The Hall–Kier alpha value is -3.30. The first-order valence-electron chi connectivity index (χ1n) is 12.4. The highest BCUT2D eigenvalue weighted by atomic mass is 16.5. The van der Waals surface area contributed by atoms with E-state index in [0.717, 1.165) is 34.4 Å². The van der Waals surface area contributed by atoms with Crippen LogP contribution in [-0.2, 0) is 22.5 Å². The van der Waals surface area contributed by atoms with Crippen molar-refractivity contribution in [3.8, 4) is 11.1 Å². The number of anilines is 1. The molecule has 1 atom stereocenters. The minimum Gasteiger partial charge on any atom is -0.477 e. The van der Waals surface area contributed by atoms with Crippen LogP contribution in [0.25, 0.3) is 11.1 Å². The Morgan fingerprint density at radius 2 is 1.81 bits per heavy atom. The molecule has 0 saturated carbocycles. The standard InChI is InChI=1S/C27H37N5O4/c1-7-27(8-2)23(24(33)34)31-26(36-27)32-25(35)30-22-17(6)29-20(13-15(3)4)19(14-28)21(22)18-11-9-16(5)10-12-18/h9-12,15,26H,7-8,13-14,28H2,1-6H3,(H,33,34)(H2,30,32,35). The van der Waals surface area contributed by atoms with E-state index in [0.29, 0.717) is 30.1 Å². The molecule has 0 spiro atoms. The zero-order valence-electron chi connectivity index (χ0n) is 21.9. The second-order valence-electron chi connectivity index (χ2n) is 9.59. The Morgan fingerprint density at radius 1 is 1.17 bits per heavy atom. The molecule has 3 rings (SSSR count). The summed E-state index contributed by atoms with van der Waals surface area (Å²) < 4.78 is 5.90. The molecule has 2 aromatic rings. The van der Waals surface area contributed by atoms with Crippen molar-refractivity contribution in [2.24, 2.45) is 16.6 Å². The zero-order valence-corrected chi connectivity index (χ0v) is 21.9. The SMILES string of the molecule is CCC1(CC)OC(NC(=O)Nc2c(C)nc(CC(C)C)c(CN)c2-c2ccc(C)cc2)N=C1C(=O)O. The van der Waals surface area contributed by atoms with Crippen molar-refractivity contribution < 1.29 is 19.4 Å². The van der Waals surface area contributed by atoms with Gasteiger partial charge in [0.15, 0.2) is 5.71 Å². The third kappa shape index (κ3) is 5.57. The van der Waals surface area contributed by atoms with E-state index in [1.165, 1.54) is 0 Å². The number of amides is 2. The lowest BCUT2D eigenvalue weighted by Gasteiger charge is -2.27. The Morgan fingerprint density at radius 3 is 2.31 bits per heavy atom. The average molecular weight is 496 g/mol. The van der Waals surface area contributed by atoms with Gasteiger partial charge in [-0.05, 0) is 50.2 Å². The normalized spacial score (nSPS) is 16.7. The van der Waals surface area contributed by atoms with Crippen LogP contribution in [0, 0.1) is 19.8 Å². The monoisotopic (exact) mass is 495 g/mol. The number of nitrogens with one attached hydrogen (secondary N) is 2. The molecule has 1 aromatic heterocycles. The van der Waals surface area contributed by atoms with Crippen LogP contribution in [-0.4, -0.2) is 39.8 Å². The van der Waals surface area contributed by atoms with Gasteiger partial charge in [0.25, 0.3) is 0 Å². The van der Waals surface area contributed by atoms with Crippen LogP contribution >= 0.6 is 0 Å². The van der Waals surface area contributed by atoms with Crippen LogP contribution in [0.2, 0.25) is 0 Å². The van der Waals surface area contributed by atoms with Crippen LogP contribution in [0.15, 0.2) is 29.3 Å². The quantitative estimate of drug-likeness (QED) is 0.403. The molecule has 1 aliphatic rings. The fourth-order valence-electron chi connectivity index (χ4n) is 4.62. The van der Waals surface area contributed by atoms with Crippen molar-refractivity contribution in [3.05, 3.63) is 46.8 Å². The van der Waals surface area contributed by atoms with Crippen LogP contribution in [0.1, 0.15) is 63.1 Å². The van der Waals surface area contributed by atoms with Crippen LogP contribution in [0.5, 0.6) is 0 Å². The van der Waals surface area contributed by atoms with Crippen LogP contribution in [0.4, 0.5) is 10.5 Å². The fraction of sp³-hybridized carbons (Fsp3) is 0.481. The van der Waals surface area contributed by atoms with Crippen molar-refractivity contribution in [2.45, 2.75) is 79.3 Å². The summed E-state index contributed by atoms with van der Waals surface area (Å²) in [6.07, 6.45) is 0.497. The number of nitrogens with zero attached hydrogens (tertiary/aromatic N) is 2. The third-order valence-corrected chi connectivity index (χ3v) is 6.56. The maximum Gasteiger partial charge on any atom is 0.353 e. The Balaban J connectivity index is 1.99. The number of ether oxygens (including phenoxy) is 1. The zero-order chi connectivity index (χ0) is 26.6. The number of aliphatic imine (C=N–C) groups is 1. The lowest BCUT2D eigenvalue weighted by Crippen LogP contribution is -2.44. The number of hydrogen-bond donors (Lipinski definition) is 4. The summed E-state index contributed by atoms with van der Waals surface area (Å²) in [5.41, 5.74) is 11.0. The summed E-state index contributed by atoms with van der Waals surface area (Å²) in [5.74, 6) is -0.771. The Bertz CT molecular complexity index is 1150. The summed E-state index contributed by atoms with van der Waals surface area (Å²) in [6, 6.07) is 7.47. The second kappa shape index (κ2) is 11.2. The molecule has 9 heteroatoms. The van der Waals surface area contributed by atoms with E-state index in [9.17, 15) is 14.7 Å². The van der Waals surface area contributed by atoms with Gasteiger partial charge >= 0.3 is 12.0 Å². The number of aliphatic carboxylic acids is 1. The van der Waals surface area contributed by atoms with Gasteiger partial charge in [0.1, 0.15) is 5.60 Å². The summed E-state index contributed by atoms with van der Waals surface area (Å²) in [4.78, 5) is 33.8. The molecule has 194 valence electrons. The number of nitrogens with two attached hydrogens (primary N) is 1. The van der Waals surface area contributed by atoms with E-state index in [-0.39, 0.29) is 12.3 Å². The summed E-state index contributed by atoms with van der Waals surface area (Å²) in [6.45, 7) is 12.1. The van der Waals surface area contributed by atoms with Gasteiger partial charge in [0, 0.05) is 17.8 Å². The third-order valence-electron chi connectivity index (χ3n) is 6.56. The molecule has 36 heavy (non-hydrogen) atoms. The van der Waals surface area contributed by atoms with Crippen LogP contribution < -0.4 is 16.4 Å². The number of carboxylic acids is 1. The maximum atomic E-state index is 13.1. The lowest BCUT2D eigenvalue weighted by atomic mass is 9.92. The van der Waals surface area contributed by atoms with E-state index < -0.39 is 24.0 Å². The summed E-state index contributed by atoms with van der Waals surface area (Å²) in [5, 5.41) is 15.2. The molecule has 0 fully saturated rings. The van der Waals surface area contributed by atoms with Gasteiger partial charge in [0.2, 0.25) is 6.35 Å². The number of urea groups is 1. The first-order chi connectivity index (χ1) is 17.0. The van der Waals surface area contributed by atoms with E-state index in [1.54, 1.807) is 0 Å². The van der Waals surface area contributed by atoms with Gasteiger partial charge < -0.3 is 20.9 Å². The molecule has 1 unspecified atom stereocenters. The highest BCUT2D eigenvalue weighted by Gasteiger charge is 2.45. The van der Waals surface area contributed by atoms with Crippen molar-refractivity contribution in [1.82, 2.24) is 10.3 Å². The van der Waals surface area contributed by atoms with Gasteiger partial charge in [-0.3, -0.25) is 10.3 Å². The first kappa shape index (κ1) is 27.3. The molecule has 0 radical (unpaired) electrons. The molecule has 0 bridgehead atoms. The van der Waals surface area contributed by atoms with Crippen molar-refractivity contribution in [1.29, 1.82) is 0 Å². The largest absolute Gasteiger partial charge is 0.477 e. The van der Waals surface area contributed by atoms with Gasteiger partial charge in [-0.25, -0.2) is 14.6 Å². The minimum absolute atomic E-state index is 0.0838. The Kier molecular flexibility index (Phi) is 8.47. The van der Waals surface area contributed by atoms with Gasteiger partial charge in [-0.15, -0.1) is 0 Å².